The molecule has 22 heavy (non-hydrogen) atoms. The number of hydrogen-bond acceptors (Lipinski definition) is 5. The fourth-order valence-corrected chi connectivity index (χ4v) is 1.57. The summed E-state index contributed by atoms with van der Waals surface area (Å²) in [5, 5.41) is 5.34. The van der Waals surface area contributed by atoms with Crippen LogP contribution in [0.4, 0.5) is 0 Å². The first-order chi connectivity index (χ1) is 10.4. The first kappa shape index (κ1) is 17.9. The summed E-state index contributed by atoms with van der Waals surface area (Å²) < 4.78 is 4.83. The zero-order chi connectivity index (χ0) is 16.5. The van der Waals surface area contributed by atoms with Crippen molar-refractivity contribution in [3.63, 3.8) is 0 Å². The smallest absolute Gasteiger partial charge is 0.340 e. The van der Waals surface area contributed by atoms with Gasteiger partial charge in [0.25, 0.3) is 5.91 Å². The summed E-state index contributed by atoms with van der Waals surface area (Å²) in [7, 11) is 0. The average molecular weight is 328 g/mol. The molecule has 0 aliphatic carbocycles. The zero-order valence-electron chi connectivity index (χ0n) is 12.4. The number of ether oxygens (including phenoxy) is 1. The fourth-order valence-electron chi connectivity index (χ4n) is 1.46. The molecule has 0 aromatic carbocycles. The van der Waals surface area contributed by atoms with Crippen LogP contribution in [0.5, 0.6) is 0 Å². The van der Waals surface area contributed by atoms with Crippen molar-refractivity contribution in [3.8, 4) is 0 Å². The summed E-state index contributed by atoms with van der Waals surface area (Å²) in [6.45, 7) is 3.53. The van der Waals surface area contributed by atoms with E-state index in [1.54, 1.807) is 6.92 Å². The first-order valence-electron chi connectivity index (χ1n) is 6.79. The summed E-state index contributed by atoms with van der Waals surface area (Å²) >= 11 is 5.60. The van der Waals surface area contributed by atoms with E-state index < -0.39 is 24.5 Å². The highest BCUT2D eigenvalue weighted by Gasteiger charge is 2.16. The third kappa shape index (κ3) is 6.09. The van der Waals surface area contributed by atoms with Gasteiger partial charge in [-0.05, 0) is 25.5 Å². The highest BCUT2D eigenvalue weighted by molar-refractivity contribution is 6.29. The predicted octanol–water partition coefficient (Wildman–Crippen LogP) is 0.923. The Morgan fingerprint density at radius 3 is 2.68 bits per heavy atom. The number of pyridine rings is 1. The second kappa shape index (κ2) is 8.99. The van der Waals surface area contributed by atoms with Crippen LogP contribution in [0.2, 0.25) is 5.15 Å². The van der Waals surface area contributed by atoms with Crippen molar-refractivity contribution in [2.45, 2.75) is 26.3 Å². The average Bonchev–Trinajstić information content (AvgIpc) is 2.50. The number of hydrogen-bond donors (Lipinski definition) is 2. The van der Waals surface area contributed by atoms with Gasteiger partial charge in [0.05, 0.1) is 5.56 Å². The molecule has 0 fully saturated rings. The first-order valence-corrected chi connectivity index (χ1v) is 7.17. The SMILES string of the molecule is CCCNC(=O)[C@@H](C)NC(=O)COC(=O)c1ccc(Cl)nc1. The number of amides is 2. The van der Waals surface area contributed by atoms with E-state index in [0.717, 1.165) is 6.42 Å². The lowest BCUT2D eigenvalue weighted by Gasteiger charge is -2.13. The fraction of sp³-hybridized carbons (Fsp3) is 0.429. The van der Waals surface area contributed by atoms with Gasteiger partial charge in [-0.25, -0.2) is 9.78 Å². The normalized spacial score (nSPS) is 11.4. The molecular formula is C14H18ClN3O4. The minimum Gasteiger partial charge on any atom is -0.452 e. The van der Waals surface area contributed by atoms with Crippen molar-refractivity contribution in [1.82, 2.24) is 15.6 Å². The molecule has 2 N–H and O–H groups in total. The zero-order valence-corrected chi connectivity index (χ0v) is 13.1. The van der Waals surface area contributed by atoms with E-state index in [9.17, 15) is 14.4 Å². The topological polar surface area (TPSA) is 97.4 Å². The van der Waals surface area contributed by atoms with Gasteiger partial charge in [-0.15, -0.1) is 0 Å². The maximum absolute atomic E-state index is 11.7. The predicted molar refractivity (Wildman–Crippen MR) is 80.4 cm³/mol. The Morgan fingerprint density at radius 1 is 1.36 bits per heavy atom. The molecule has 1 aromatic heterocycles. The van der Waals surface area contributed by atoms with Gasteiger partial charge in [-0.2, -0.15) is 0 Å². The molecule has 0 radical (unpaired) electrons. The quantitative estimate of drug-likeness (QED) is 0.573. The minimum atomic E-state index is -0.699. The van der Waals surface area contributed by atoms with Crippen molar-refractivity contribution in [3.05, 3.63) is 29.0 Å². The molecule has 2 amide bonds. The lowest BCUT2D eigenvalue weighted by molar-refractivity contribution is -0.130. The van der Waals surface area contributed by atoms with Crippen LogP contribution in [-0.4, -0.2) is 42.0 Å². The van der Waals surface area contributed by atoms with Gasteiger partial charge in [0.2, 0.25) is 5.91 Å². The number of nitrogens with zero attached hydrogens (tertiary/aromatic N) is 1. The van der Waals surface area contributed by atoms with Gasteiger partial charge in [0.1, 0.15) is 11.2 Å². The van der Waals surface area contributed by atoms with E-state index >= 15 is 0 Å². The Hall–Kier alpha value is -2.15. The van der Waals surface area contributed by atoms with Crippen LogP contribution >= 0.6 is 11.6 Å². The third-order valence-electron chi connectivity index (χ3n) is 2.62. The molecule has 8 heteroatoms. The van der Waals surface area contributed by atoms with Gasteiger partial charge >= 0.3 is 5.97 Å². The number of aromatic nitrogens is 1. The molecule has 1 rings (SSSR count). The minimum absolute atomic E-state index is 0.186. The van der Waals surface area contributed by atoms with Crippen LogP contribution in [0, 0.1) is 0 Å². The molecule has 0 saturated heterocycles. The molecule has 0 unspecified atom stereocenters. The summed E-state index contributed by atoms with van der Waals surface area (Å²) in [4.78, 5) is 38.6. The van der Waals surface area contributed by atoms with E-state index in [1.807, 2.05) is 6.92 Å². The highest BCUT2D eigenvalue weighted by atomic mass is 35.5. The largest absolute Gasteiger partial charge is 0.452 e. The maximum Gasteiger partial charge on any atom is 0.340 e. The summed E-state index contributed by atoms with van der Waals surface area (Å²) in [5.41, 5.74) is 0.186. The Balaban J connectivity index is 2.37. The van der Waals surface area contributed by atoms with Gasteiger partial charge in [0.15, 0.2) is 6.61 Å². The summed E-state index contributed by atoms with van der Waals surface area (Å²) in [6.07, 6.45) is 2.06. The van der Waals surface area contributed by atoms with Crippen molar-refractivity contribution < 1.29 is 19.1 Å². The molecule has 7 nitrogen and oxygen atoms in total. The van der Waals surface area contributed by atoms with E-state index in [1.165, 1.54) is 18.3 Å². The van der Waals surface area contributed by atoms with E-state index in [-0.39, 0.29) is 16.6 Å². The van der Waals surface area contributed by atoms with Gasteiger partial charge in [0, 0.05) is 12.7 Å². The molecule has 0 bridgehead atoms. The van der Waals surface area contributed by atoms with Gasteiger partial charge < -0.3 is 15.4 Å². The lowest BCUT2D eigenvalue weighted by atomic mass is 10.3. The Morgan fingerprint density at radius 2 is 2.09 bits per heavy atom. The second-order valence-electron chi connectivity index (χ2n) is 4.53. The standard InChI is InChI=1S/C14H18ClN3O4/c1-3-6-16-13(20)9(2)18-12(19)8-22-14(21)10-4-5-11(15)17-7-10/h4-5,7,9H,3,6,8H2,1-2H3,(H,16,20)(H,18,19)/t9-/m1/s1. The molecule has 0 aliphatic heterocycles. The molecule has 1 heterocycles. The van der Waals surface area contributed by atoms with E-state index in [4.69, 9.17) is 16.3 Å². The van der Waals surface area contributed by atoms with Crippen molar-refractivity contribution in [1.29, 1.82) is 0 Å². The van der Waals surface area contributed by atoms with Crippen LogP contribution in [0.15, 0.2) is 18.3 Å². The third-order valence-corrected chi connectivity index (χ3v) is 2.84. The molecule has 0 aliphatic rings. The number of nitrogens with one attached hydrogen (secondary N) is 2. The Kier molecular flexibility index (Phi) is 7.31. The van der Waals surface area contributed by atoms with E-state index in [2.05, 4.69) is 15.6 Å². The Labute approximate surface area is 133 Å². The molecule has 0 saturated carbocycles. The van der Waals surface area contributed by atoms with Crippen LogP contribution < -0.4 is 10.6 Å². The number of rotatable bonds is 7. The van der Waals surface area contributed by atoms with Crippen LogP contribution in [0.25, 0.3) is 0 Å². The van der Waals surface area contributed by atoms with E-state index in [0.29, 0.717) is 6.54 Å². The summed E-state index contributed by atoms with van der Waals surface area (Å²) in [6, 6.07) is 2.18. The van der Waals surface area contributed by atoms with Crippen LogP contribution in [0.3, 0.4) is 0 Å². The molecule has 1 atom stereocenters. The molecular weight excluding hydrogens is 310 g/mol. The monoisotopic (exact) mass is 327 g/mol. The highest BCUT2D eigenvalue weighted by Crippen LogP contribution is 2.06. The number of esters is 1. The number of carbonyl (C=O) groups is 3. The van der Waals surface area contributed by atoms with Crippen molar-refractivity contribution in [2.75, 3.05) is 13.2 Å². The number of carbonyl (C=O) groups excluding carboxylic acids is 3. The van der Waals surface area contributed by atoms with Crippen LogP contribution in [0.1, 0.15) is 30.6 Å². The molecule has 0 spiro atoms. The lowest BCUT2D eigenvalue weighted by Crippen LogP contribution is -2.46. The molecule has 120 valence electrons. The summed E-state index contributed by atoms with van der Waals surface area (Å²) in [5.74, 6) is -1.54. The van der Waals surface area contributed by atoms with Gasteiger partial charge in [-0.3, -0.25) is 9.59 Å². The maximum atomic E-state index is 11.7. The Bertz CT molecular complexity index is 533. The van der Waals surface area contributed by atoms with Gasteiger partial charge in [-0.1, -0.05) is 18.5 Å². The number of halogens is 1. The molecule has 1 aromatic rings. The van der Waals surface area contributed by atoms with Crippen molar-refractivity contribution >= 4 is 29.4 Å². The van der Waals surface area contributed by atoms with Crippen molar-refractivity contribution in [2.24, 2.45) is 0 Å². The van der Waals surface area contributed by atoms with Crippen LogP contribution in [-0.2, 0) is 14.3 Å². The second-order valence-corrected chi connectivity index (χ2v) is 4.91.